The molecule has 0 saturated heterocycles. The second kappa shape index (κ2) is 4.01. The number of aryl methyl sites for hydroxylation is 1. The first-order valence-electron chi connectivity index (χ1n) is 4.97. The average molecular weight is 236 g/mol. The molecule has 1 heterocycles. The number of phenolic OH excluding ortho intramolecular Hbond substituents is 1. The molecular weight excluding hydrogens is 224 g/mol. The Labute approximate surface area is 97.2 Å². The Morgan fingerprint density at radius 2 is 1.94 bits per heavy atom. The van der Waals surface area contributed by atoms with Gasteiger partial charge in [0.05, 0.1) is 14.2 Å². The summed E-state index contributed by atoms with van der Waals surface area (Å²) in [5.41, 5.74) is -0.128. The number of phenols is 1. The van der Waals surface area contributed by atoms with Gasteiger partial charge in [0.15, 0.2) is 0 Å². The smallest absolute Gasteiger partial charge is 0.238 e. The number of benzene rings is 1. The van der Waals surface area contributed by atoms with Crippen LogP contribution in [0.3, 0.4) is 0 Å². The minimum absolute atomic E-state index is 0.0910. The molecule has 0 unspecified atom stereocenters. The summed E-state index contributed by atoms with van der Waals surface area (Å²) < 4.78 is 15.4. The molecule has 1 aromatic carbocycles. The molecule has 1 aromatic heterocycles. The Kier molecular flexibility index (Phi) is 2.67. The average Bonchev–Trinajstić information content (AvgIpc) is 2.28. The van der Waals surface area contributed by atoms with Crippen LogP contribution < -0.4 is 14.9 Å². The molecule has 1 N–H and O–H groups in total. The molecular formula is C12H12O5. The second-order valence-electron chi connectivity index (χ2n) is 3.54. The van der Waals surface area contributed by atoms with Crippen LogP contribution in [0.5, 0.6) is 17.2 Å². The number of fused-ring (bicyclic) bond motifs is 1. The predicted octanol–water partition coefficient (Wildman–Crippen LogP) is 1.82. The van der Waals surface area contributed by atoms with Crippen LogP contribution in [-0.4, -0.2) is 19.3 Å². The fourth-order valence-electron chi connectivity index (χ4n) is 1.72. The molecule has 5 nitrogen and oxygen atoms in total. The van der Waals surface area contributed by atoms with Crippen LogP contribution in [0.15, 0.2) is 21.3 Å². The quantitative estimate of drug-likeness (QED) is 0.861. The maximum atomic E-state index is 12.0. The number of ether oxygens (including phenoxy) is 2. The molecule has 0 amide bonds. The summed E-state index contributed by atoms with van der Waals surface area (Å²) in [6, 6.07) is 2.90. The zero-order chi connectivity index (χ0) is 12.6. The highest BCUT2D eigenvalue weighted by atomic mass is 16.5. The largest absolute Gasteiger partial charge is 0.507 e. The summed E-state index contributed by atoms with van der Waals surface area (Å²) >= 11 is 0. The van der Waals surface area contributed by atoms with Gasteiger partial charge in [-0.3, -0.25) is 4.79 Å². The highest BCUT2D eigenvalue weighted by molar-refractivity contribution is 5.85. The summed E-state index contributed by atoms with van der Waals surface area (Å²) in [4.78, 5) is 12.0. The van der Waals surface area contributed by atoms with Gasteiger partial charge >= 0.3 is 0 Å². The van der Waals surface area contributed by atoms with Crippen molar-refractivity contribution in [3.05, 3.63) is 28.1 Å². The lowest BCUT2D eigenvalue weighted by molar-refractivity contribution is 0.381. The molecule has 0 saturated carbocycles. The van der Waals surface area contributed by atoms with E-state index >= 15 is 0 Å². The molecule has 2 rings (SSSR count). The maximum Gasteiger partial charge on any atom is 0.238 e. The van der Waals surface area contributed by atoms with Crippen LogP contribution in [0.2, 0.25) is 0 Å². The molecule has 0 spiro atoms. The van der Waals surface area contributed by atoms with E-state index in [1.165, 1.54) is 20.3 Å². The molecule has 2 aromatic rings. The van der Waals surface area contributed by atoms with Crippen molar-refractivity contribution in [3.8, 4) is 17.2 Å². The predicted molar refractivity (Wildman–Crippen MR) is 62.0 cm³/mol. The standard InChI is InChI=1S/C12H12O5/c1-6-12(16-3)11(14)10-8(13)4-7(15-2)5-9(10)17-6/h4-5,13H,1-3H3. The van der Waals surface area contributed by atoms with Crippen molar-refractivity contribution in [1.82, 2.24) is 0 Å². The Morgan fingerprint density at radius 3 is 2.53 bits per heavy atom. The van der Waals surface area contributed by atoms with Crippen LogP contribution in [-0.2, 0) is 0 Å². The first-order valence-corrected chi connectivity index (χ1v) is 4.97. The Hall–Kier alpha value is -2.17. The number of hydrogen-bond donors (Lipinski definition) is 1. The first-order chi connectivity index (χ1) is 8.08. The van der Waals surface area contributed by atoms with E-state index in [1.54, 1.807) is 13.0 Å². The van der Waals surface area contributed by atoms with Crippen LogP contribution in [0, 0.1) is 6.92 Å². The van der Waals surface area contributed by atoms with E-state index in [0.717, 1.165) is 0 Å². The molecule has 0 aliphatic carbocycles. The van der Waals surface area contributed by atoms with Crippen LogP contribution in [0.4, 0.5) is 0 Å². The van der Waals surface area contributed by atoms with E-state index in [-0.39, 0.29) is 22.5 Å². The van der Waals surface area contributed by atoms with E-state index < -0.39 is 5.43 Å². The number of methoxy groups -OCH3 is 2. The molecule has 0 aliphatic heterocycles. The van der Waals surface area contributed by atoms with Gasteiger partial charge in [0, 0.05) is 12.1 Å². The zero-order valence-electron chi connectivity index (χ0n) is 9.73. The molecule has 5 heteroatoms. The Balaban J connectivity index is 2.92. The first kappa shape index (κ1) is 11.3. The highest BCUT2D eigenvalue weighted by Crippen LogP contribution is 2.30. The molecule has 17 heavy (non-hydrogen) atoms. The third-order valence-electron chi connectivity index (χ3n) is 2.51. The molecule has 0 aliphatic rings. The lowest BCUT2D eigenvalue weighted by atomic mass is 10.2. The number of aromatic hydroxyl groups is 1. The van der Waals surface area contributed by atoms with Crippen molar-refractivity contribution < 1.29 is 19.0 Å². The van der Waals surface area contributed by atoms with Crippen molar-refractivity contribution in [2.45, 2.75) is 6.92 Å². The summed E-state index contributed by atoms with van der Waals surface area (Å²) in [5.74, 6) is 0.685. The molecule has 0 radical (unpaired) electrons. The van der Waals surface area contributed by atoms with Crippen molar-refractivity contribution in [2.24, 2.45) is 0 Å². The summed E-state index contributed by atoms with van der Waals surface area (Å²) in [7, 11) is 2.85. The minimum atomic E-state index is -0.397. The van der Waals surface area contributed by atoms with Crippen molar-refractivity contribution in [1.29, 1.82) is 0 Å². The molecule has 0 atom stereocenters. The van der Waals surface area contributed by atoms with Gasteiger partial charge in [-0.15, -0.1) is 0 Å². The lowest BCUT2D eigenvalue weighted by Gasteiger charge is -2.08. The molecule has 0 bridgehead atoms. The Bertz CT molecular complexity index is 627. The van der Waals surface area contributed by atoms with Gasteiger partial charge in [-0.1, -0.05) is 0 Å². The number of rotatable bonds is 2. The van der Waals surface area contributed by atoms with Crippen LogP contribution in [0.25, 0.3) is 11.0 Å². The van der Waals surface area contributed by atoms with Gasteiger partial charge in [-0.05, 0) is 6.92 Å². The monoisotopic (exact) mass is 236 g/mol. The van der Waals surface area contributed by atoms with E-state index in [2.05, 4.69) is 0 Å². The summed E-state index contributed by atoms with van der Waals surface area (Å²) in [5, 5.41) is 9.87. The summed E-state index contributed by atoms with van der Waals surface area (Å²) in [6.45, 7) is 1.62. The van der Waals surface area contributed by atoms with Crippen molar-refractivity contribution >= 4 is 11.0 Å². The third-order valence-corrected chi connectivity index (χ3v) is 2.51. The number of hydrogen-bond acceptors (Lipinski definition) is 5. The van der Waals surface area contributed by atoms with Crippen LogP contribution in [0.1, 0.15) is 5.76 Å². The normalized spacial score (nSPS) is 10.5. The van der Waals surface area contributed by atoms with E-state index in [4.69, 9.17) is 13.9 Å². The topological polar surface area (TPSA) is 68.9 Å². The SMILES string of the molecule is COc1cc(O)c2c(=O)c(OC)c(C)oc2c1. The van der Waals surface area contributed by atoms with Crippen molar-refractivity contribution in [3.63, 3.8) is 0 Å². The molecule has 90 valence electrons. The maximum absolute atomic E-state index is 12.0. The fraction of sp³-hybridized carbons (Fsp3) is 0.250. The molecule has 0 fully saturated rings. The van der Waals surface area contributed by atoms with Gasteiger partial charge in [0.1, 0.15) is 28.2 Å². The second-order valence-corrected chi connectivity index (χ2v) is 3.54. The van der Waals surface area contributed by atoms with E-state index in [1.807, 2.05) is 0 Å². The van der Waals surface area contributed by atoms with E-state index in [9.17, 15) is 9.90 Å². The van der Waals surface area contributed by atoms with Gasteiger partial charge in [-0.25, -0.2) is 0 Å². The zero-order valence-corrected chi connectivity index (χ0v) is 9.73. The Morgan fingerprint density at radius 1 is 1.24 bits per heavy atom. The van der Waals surface area contributed by atoms with Crippen LogP contribution >= 0.6 is 0 Å². The van der Waals surface area contributed by atoms with Gasteiger partial charge in [-0.2, -0.15) is 0 Å². The van der Waals surface area contributed by atoms with Crippen molar-refractivity contribution in [2.75, 3.05) is 14.2 Å². The van der Waals surface area contributed by atoms with Gasteiger partial charge in [0.2, 0.25) is 11.2 Å². The summed E-state index contributed by atoms with van der Waals surface area (Å²) in [6.07, 6.45) is 0. The third kappa shape index (κ3) is 1.69. The van der Waals surface area contributed by atoms with E-state index in [0.29, 0.717) is 11.5 Å². The van der Waals surface area contributed by atoms with Gasteiger partial charge in [0.25, 0.3) is 0 Å². The van der Waals surface area contributed by atoms with Gasteiger partial charge < -0.3 is 19.0 Å². The lowest BCUT2D eigenvalue weighted by Crippen LogP contribution is -2.07. The minimum Gasteiger partial charge on any atom is -0.507 e. The fourth-order valence-corrected chi connectivity index (χ4v) is 1.72. The highest BCUT2D eigenvalue weighted by Gasteiger charge is 2.16.